The van der Waals surface area contributed by atoms with E-state index >= 15 is 0 Å². The summed E-state index contributed by atoms with van der Waals surface area (Å²) in [6, 6.07) is 3.34. The van der Waals surface area contributed by atoms with Gasteiger partial charge in [0.1, 0.15) is 0 Å². The Kier molecular flexibility index (Phi) is 1.79. The summed E-state index contributed by atoms with van der Waals surface area (Å²) in [6.07, 6.45) is 1.48. The maximum absolute atomic E-state index is 11.2. The number of imidazole rings is 1. The average Bonchev–Trinajstić information content (AvgIpc) is 2.38. The van der Waals surface area contributed by atoms with Gasteiger partial charge in [0.25, 0.3) is 10.0 Å². The number of primary sulfonamides is 1. The highest BCUT2D eigenvalue weighted by atomic mass is 32.2. The van der Waals surface area contributed by atoms with Crippen molar-refractivity contribution >= 4 is 15.7 Å². The van der Waals surface area contributed by atoms with Crippen LogP contribution < -0.4 is 5.14 Å². The van der Waals surface area contributed by atoms with Crippen LogP contribution in [-0.2, 0) is 10.0 Å². The van der Waals surface area contributed by atoms with Crippen molar-refractivity contribution in [3.8, 4) is 0 Å². The molecule has 0 atom stereocenters. The molecule has 0 fully saturated rings. The van der Waals surface area contributed by atoms with Crippen molar-refractivity contribution < 1.29 is 8.42 Å². The summed E-state index contributed by atoms with van der Waals surface area (Å²) in [5.74, 6) is 0. The van der Waals surface area contributed by atoms with Crippen molar-refractivity contribution in [1.29, 1.82) is 0 Å². The van der Waals surface area contributed by atoms with Gasteiger partial charge in [0.15, 0.2) is 10.7 Å². The molecule has 2 N–H and O–H groups in total. The highest BCUT2D eigenvalue weighted by molar-refractivity contribution is 7.89. The van der Waals surface area contributed by atoms with Crippen LogP contribution in [0.1, 0.15) is 5.69 Å². The lowest BCUT2D eigenvalue weighted by atomic mass is 10.6. The Morgan fingerprint density at radius 2 is 2.21 bits per heavy atom. The topological polar surface area (TPSA) is 90.3 Å². The number of nitrogens with two attached hydrogens (primary N) is 1. The summed E-state index contributed by atoms with van der Waals surface area (Å²) in [4.78, 5) is 4.02. The fourth-order valence-electron chi connectivity index (χ4n) is 1.30. The van der Waals surface area contributed by atoms with E-state index in [-0.39, 0.29) is 5.03 Å². The van der Waals surface area contributed by atoms with Gasteiger partial charge in [-0.05, 0) is 19.1 Å². The fourth-order valence-corrected chi connectivity index (χ4v) is 2.14. The van der Waals surface area contributed by atoms with Crippen LogP contribution in [0.15, 0.2) is 23.4 Å². The Labute approximate surface area is 80.4 Å². The second-order valence-electron chi connectivity index (χ2n) is 2.84. The molecule has 0 saturated carbocycles. The summed E-state index contributed by atoms with van der Waals surface area (Å²) < 4.78 is 23.6. The van der Waals surface area contributed by atoms with Crippen molar-refractivity contribution in [2.24, 2.45) is 5.14 Å². The Bertz CT molecular complexity index is 587. The molecule has 0 aliphatic carbocycles. The van der Waals surface area contributed by atoms with Crippen molar-refractivity contribution in [2.75, 3.05) is 0 Å². The van der Waals surface area contributed by atoms with Crippen LogP contribution in [-0.4, -0.2) is 23.0 Å². The molecule has 0 radical (unpaired) electrons. The SMILES string of the molecule is Cc1nc2cccnn2c1S(N)(=O)=O. The zero-order valence-electron chi connectivity index (χ0n) is 7.38. The van der Waals surface area contributed by atoms with Crippen LogP contribution in [0.3, 0.4) is 0 Å². The first-order valence-electron chi connectivity index (χ1n) is 3.83. The van der Waals surface area contributed by atoms with Gasteiger partial charge >= 0.3 is 0 Å². The second kappa shape index (κ2) is 2.76. The molecule has 0 aliphatic heterocycles. The normalized spacial score (nSPS) is 12.1. The number of nitrogens with zero attached hydrogens (tertiary/aromatic N) is 3. The van der Waals surface area contributed by atoms with Crippen molar-refractivity contribution in [3.63, 3.8) is 0 Å². The van der Waals surface area contributed by atoms with Gasteiger partial charge in [0.2, 0.25) is 0 Å². The van der Waals surface area contributed by atoms with E-state index in [4.69, 9.17) is 5.14 Å². The first-order valence-corrected chi connectivity index (χ1v) is 5.38. The summed E-state index contributed by atoms with van der Waals surface area (Å²) in [5, 5.41) is 8.84. The summed E-state index contributed by atoms with van der Waals surface area (Å²) in [6.45, 7) is 1.58. The Balaban J connectivity index is 2.95. The number of aromatic nitrogens is 3. The van der Waals surface area contributed by atoms with Crippen LogP contribution in [0.25, 0.3) is 5.65 Å². The molecule has 2 aromatic heterocycles. The lowest BCUT2D eigenvalue weighted by molar-refractivity contribution is 0.588. The molecule has 0 bridgehead atoms. The average molecular weight is 212 g/mol. The van der Waals surface area contributed by atoms with Gasteiger partial charge in [0, 0.05) is 6.20 Å². The van der Waals surface area contributed by atoms with E-state index < -0.39 is 10.0 Å². The third kappa shape index (κ3) is 1.26. The van der Waals surface area contributed by atoms with Crippen LogP contribution >= 0.6 is 0 Å². The maximum atomic E-state index is 11.2. The van der Waals surface area contributed by atoms with E-state index in [1.54, 1.807) is 19.1 Å². The van der Waals surface area contributed by atoms with Crippen LogP contribution in [0.5, 0.6) is 0 Å². The van der Waals surface area contributed by atoms with Gasteiger partial charge in [0.05, 0.1) is 5.69 Å². The minimum Gasteiger partial charge on any atom is -0.231 e. The molecule has 0 aliphatic rings. The molecule has 0 unspecified atom stereocenters. The largest absolute Gasteiger partial charge is 0.257 e. The monoisotopic (exact) mass is 212 g/mol. The van der Waals surface area contributed by atoms with Crippen molar-refractivity contribution in [2.45, 2.75) is 11.9 Å². The van der Waals surface area contributed by atoms with Crippen LogP contribution in [0.2, 0.25) is 0 Å². The summed E-state index contributed by atoms with van der Waals surface area (Å²) in [7, 11) is -3.78. The zero-order chi connectivity index (χ0) is 10.3. The molecule has 14 heavy (non-hydrogen) atoms. The van der Waals surface area contributed by atoms with Crippen molar-refractivity contribution in [1.82, 2.24) is 14.6 Å². The first kappa shape index (κ1) is 9.10. The second-order valence-corrected chi connectivity index (χ2v) is 4.32. The molecule has 6 nitrogen and oxygen atoms in total. The lowest BCUT2D eigenvalue weighted by Gasteiger charge is -1.97. The molecule has 2 rings (SSSR count). The third-order valence-corrected chi connectivity index (χ3v) is 2.79. The molecule has 0 spiro atoms. The number of rotatable bonds is 1. The van der Waals surface area contributed by atoms with E-state index in [9.17, 15) is 8.42 Å². The predicted molar refractivity (Wildman–Crippen MR) is 49.1 cm³/mol. The van der Waals surface area contributed by atoms with Crippen LogP contribution in [0.4, 0.5) is 0 Å². The van der Waals surface area contributed by atoms with Gasteiger partial charge in [-0.2, -0.15) is 5.10 Å². The number of fused-ring (bicyclic) bond motifs is 1. The van der Waals surface area contributed by atoms with Crippen molar-refractivity contribution in [3.05, 3.63) is 24.0 Å². The Morgan fingerprint density at radius 3 is 2.86 bits per heavy atom. The Morgan fingerprint density at radius 1 is 1.50 bits per heavy atom. The first-order chi connectivity index (χ1) is 6.50. The molecule has 74 valence electrons. The molecular weight excluding hydrogens is 204 g/mol. The minimum atomic E-state index is -3.78. The number of hydrogen-bond donors (Lipinski definition) is 1. The van der Waals surface area contributed by atoms with Gasteiger partial charge in [-0.3, -0.25) is 0 Å². The molecule has 2 aromatic rings. The maximum Gasteiger partial charge on any atom is 0.257 e. The third-order valence-electron chi connectivity index (χ3n) is 1.78. The smallest absolute Gasteiger partial charge is 0.231 e. The minimum absolute atomic E-state index is 0.0619. The number of aryl methyl sites for hydroxylation is 1. The zero-order valence-corrected chi connectivity index (χ0v) is 8.19. The van der Waals surface area contributed by atoms with Gasteiger partial charge in [-0.1, -0.05) is 0 Å². The van der Waals surface area contributed by atoms with E-state index in [1.807, 2.05) is 0 Å². The van der Waals surface area contributed by atoms with E-state index in [0.717, 1.165) is 0 Å². The molecule has 0 aromatic carbocycles. The quantitative estimate of drug-likeness (QED) is 0.701. The van der Waals surface area contributed by atoms with E-state index in [1.165, 1.54) is 10.7 Å². The van der Waals surface area contributed by atoms with E-state index in [0.29, 0.717) is 11.3 Å². The summed E-state index contributed by atoms with van der Waals surface area (Å²) >= 11 is 0. The highest BCUT2D eigenvalue weighted by Crippen LogP contribution is 2.13. The van der Waals surface area contributed by atoms with Crippen LogP contribution in [0, 0.1) is 6.92 Å². The molecule has 7 heteroatoms. The lowest BCUT2D eigenvalue weighted by Crippen LogP contribution is -2.16. The highest BCUT2D eigenvalue weighted by Gasteiger charge is 2.19. The molecule has 2 heterocycles. The van der Waals surface area contributed by atoms with Gasteiger partial charge in [-0.25, -0.2) is 23.1 Å². The number of hydrogen-bond acceptors (Lipinski definition) is 4. The summed E-state index contributed by atoms with van der Waals surface area (Å²) in [5.41, 5.74) is 0.820. The van der Waals surface area contributed by atoms with Gasteiger partial charge < -0.3 is 0 Å². The number of sulfonamides is 1. The predicted octanol–water partition coefficient (Wildman–Crippen LogP) is -0.315. The molecule has 0 saturated heterocycles. The fraction of sp³-hybridized carbons (Fsp3) is 0.143. The van der Waals surface area contributed by atoms with Gasteiger partial charge in [-0.15, -0.1) is 0 Å². The molecule has 0 amide bonds. The molecular formula is C7H8N4O2S. The van der Waals surface area contributed by atoms with E-state index in [2.05, 4.69) is 10.1 Å². The standard InChI is InChI=1S/C7H8N4O2S/c1-5-7(14(8,12)13)11-6(10-5)3-2-4-9-11/h2-4H,1H3,(H2,8,12,13). The Hall–Kier alpha value is -1.47.